The van der Waals surface area contributed by atoms with Crippen molar-refractivity contribution < 1.29 is 18.8 Å². The average Bonchev–Trinajstić information content (AvgIpc) is 3.56. The monoisotopic (exact) mass is 482 g/mol. The third-order valence-electron chi connectivity index (χ3n) is 7.28. The summed E-state index contributed by atoms with van der Waals surface area (Å²) < 4.78 is 17.0. The molecule has 7 rings (SSSR count). The number of nitrogens with zero attached hydrogens (tertiary/aromatic N) is 3. The Hall–Kier alpha value is -4.04. The van der Waals surface area contributed by atoms with Crippen molar-refractivity contribution in [1.29, 1.82) is 0 Å². The molecule has 3 aliphatic rings. The molecular formula is C28H26N4O4. The van der Waals surface area contributed by atoms with Gasteiger partial charge in [0.1, 0.15) is 5.52 Å². The summed E-state index contributed by atoms with van der Waals surface area (Å²) in [6.07, 6.45) is 1.15. The van der Waals surface area contributed by atoms with Crippen LogP contribution in [0.15, 0.2) is 53.1 Å². The Morgan fingerprint density at radius 3 is 2.61 bits per heavy atom. The zero-order valence-electron chi connectivity index (χ0n) is 20.0. The molecular weight excluding hydrogens is 456 g/mol. The SMILES string of the molecule is CCCN1CCN(c2cc(Nc3ccc4c(c3)OCO4)c3c4c(onc24)-c2ccccc2C3=O)CC1. The number of fused-ring (bicyclic) bond motifs is 3. The molecule has 3 heterocycles. The minimum absolute atomic E-state index is 0.0335. The van der Waals surface area contributed by atoms with Crippen LogP contribution < -0.4 is 19.7 Å². The maximum Gasteiger partial charge on any atom is 0.231 e. The molecule has 0 radical (unpaired) electrons. The van der Waals surface area contributed by atoms with Crippen LogP contribution in [0, 0.1) is 0 Å². The lowest BCUT2D eigenvalue weighted by Crippen LogP contribution is -2.46. The molecule has 8 heteroatoms. The molecule has 0 spiro atoms. The van der Waals surface area contributed by atoms with Crippen LogP contribution in [-0.2, 0) is 0 Å². The number of carbonyl (C=O) groups is 1. The summed E-state index contributed by atoms with van der Waals surface area (Å²) in [4.78, 5) is 18.7. The minimum Gasteiger partial charge on any atom is -0.454 e. The fourth-order valence-electron chi connectivity index (χ4n) is 5.54. The largest absolute Gasteiger partial charge is 0.454 e. The summed E-state index contributed by atoms with van der Waals surface area (Å²) in [6, 6.07) is 15.3. The van der Waals surface area contributed by atoms with E-state index in [0.29, 0.717) is 28.4 Å². The molecule has 4 aromatic rings. The second-order valence-electron chi connectivity index (χ2n) is 9.45. The summed E-state index contributed by atoms with van der Waals surface area (Å²) in [5.41, 5.74) is 5.27. The molecule has 0 unspecified atom stereocenters. The lowest BCUT2D eigenvalue weighted by molar-refractivity contribution is 0.104. The van der Waals surface area contributed by atoms with Gasteiger partial charge in [-0.2, -0.15) is 0 Å². The second kappa shape index (κ2) is 8.27. The summed E-state index contributed by atoms with van der Waals surface area (Å²) in [5, 5.41) is 8.78. The van der Waals surface area contributed by atoms with E-state index in [4.69, 9.17) is 14.0 Å². The molecule has 36 heavy (non-hydrogen) atoms. The average molecular weight is 483 g/mol. The molecule has 182 valence electrons. The third kappa shape index (κ3) is 3.25. The first-order valence-electron chi connectivity index (χ1n) is 12.5. The van der Waals surface area contributed by atoms with Gasteiger partial charge < -0.3 is 24.2 Å². The summed E-state index contributed by atoms with van der Waals surface area (Å²) in [5.74, 6) is 2.02. The molecule has 1 fully saturated rings. The predicted molar refractivity (Wildman–Crippen MR) is 138 cm³/mol. The predicted octanol–water partition coefficient (Wildman–Crippen LogP) is 5.04. The van der Waals surface area contributed by atoms with Crippen molar-refractivity contribution in [2.24, 2.45) is 0 Å². The first-order valence-corrected chi connectivity index (χ1v) is 12.5. The van der Waals surface area contributed by atoms with Crippen molar-refractivity contribution in [3.8, 4) is 22.8 Å². The van der Waals surface area contributed by atoms with Crippen molar-refractivity contribution in [2.75, 3.05) is 49.7 Å². The molecule has 2 aliphatic heterocycles. The molecule has 1 aliphatic carbocycles. The summed E-state index contributed by atoms with van der Waals surface area (Å²) >= 11 is 0. The fraction of sp³-hybridized carbons (Fsp3) is 0.286. The van der Waals surface area contributed by atoms with E-state index in [2.05, 4.69) is 33.3 Å². The second-order valence-corrected chi connectivity index (χ2v) is 9.45. The maximum absolute atomic E-state index is 13.8. The van der Waals surface area contributed by atoms with E-state index in [0.717, 1.165) is 72.7 Å². The lowest BCUT2D eigenvalue weighted by atomic mass is 9.86. The Morgan fingerprint density at radius 2 is 1.78 bits per heavy atom. The van der Waals surface area contributed by atoms with Gasteiger partial charge in [0.05, 0.1) is 22.3 Å². The Kier molecular flexibility index (Phi) is 4.89. The Balaban J connectivity index is 1.38. The zero-order chi connectivity index (χ0) is 24.2. The van der Waals surface area contributed by atoms with Crippen molar-refractivity contribution in [1.82, 2.24) is 10.1 Å². The quantitative estimate of drug-likeness (QED) is 0.373. The minimum atomic E-state index is -0.0335. The summed E-state index contributed by atoms with van der Waals surface area (Å²) in [7, 11) is 0. The van der Waals surface area contributed by atoms with E-state index in [1.54, 1.807) is 0 Å². The van der Waals surface area contributed by atoms with Gasteiger partial charge >= 0.3 is 0 Å². The number of ketones is 1. The van der Waals surface area contributed by atoms with Gasteiger partial charge in [0.2, 0.25) is 6.79 Å². The van der Waals surface area contributed by atoms with Crippen molar-refractivity contribution in [3.05, 3.63) is 59.7 Å². The lowest BCUT2D eigenvalue weighted by Gasteiger charge is -2.36. The van der Waals surface area contributed by atoms with Gasteiger partial charge in [-0.15, -0.1) is 0 Å². The van der Waals surface area contributed by atoms with Crippen molar-refractivity contribution in [3.63, 3.8) is 0 Å². The van der Waals surface area contributed by atoms with Gasteiger partial charge in [-0.1, -0.05) is 36.3 Å². The van der Waals surface area contributed by atoms with Gasteiger partial charge in [-0.05, 0) is 31.2 Å². The number of hydrogen-bond acceptors (Lipinski definition) is 8. The highest BCUT2D eigenvalue weighted by atomic mass is 16.7. The van der Waals surface area contributed by atoms with Crippen LogP contribution in [0.2, 0.25) is 0 Å². The van der Waals surface area contributed by atoms with Crippen LogP contribution in [0.4, 0.5) is 17.1 Å². The van der Waals surface area contributed by atoms with E-state index in [-0.39, 0.29) is 12.6 Å². The molecule has 8 nitrogen and oxygen atoms in total. The van der Waals surface area contributed by atoms with E-state index >= 15 is 0 Å². The normalized spacial score (nSPS) is 16.5. The molecule has 1 saturated heterocycles. The highest BCUT2D eigenvalue weighted by Gasteiger charge is 2.34. The zero-order valence-corrected chi connectivity index (χ0v) is 20.0. The summed E-state index contributed by atoms with van der Waals surface area (Å²) in [6.45, 7) is 7.31. The van der Waals surface area contributed by atoms with Gasteiger partial charge in [0, 0.05) is 49.1 Å². The molecule has 0 amide bonds. The van der Waals surface area contributed by atoms with Crippen molar-refractivity contribution in [2.45, 2.75) is 13.3 Å². The number of rotatable bonds is 5. The van der Waals surface area contributed by atoms with Crippen LogP contribution >= 0.6 is 0 Å². The van der Waals surface area contributed by atoms with Crippen molar-refractivity contribution >= 4 is 33.7 Å². The Labute approximate surface area is 208 Å². The van der Waals surface area contributed by atoms with Gasteiger partial charge in [0.25, 0.3) is 0 Å². The number of carbonyl (C=O) groups excluding carboxylic acids is 1. The molecule has 3 aromatic carbocycles. The van der Waals surface area contributed by atoms with E-state index in [9.17, 15) is 4.79 Å². The number of hydrogen-bond donors (Lipinski definition) is 1. The molecule has 0 atom stereocenters. The number of benzene rings is 3. The topological polar surface area (TPSA) is 80.1 Å². The first kappa shape index (κ1) is 21.3. The van der Waals surface area contributed by atoms with Crippen LogP contribution in [0.25, 0.3) is 22.2 Å². The molecule has 0 saturated carbocycles. The number of aromatic nitrogens is 1. The highest BCUT2D eigenvalue weighted by molar-refractivity contribution is 6.28. The van der Waals surface area contributed by atoms with E-state index < -0.39 is 0 Å². The van der Waals surface area contributed by atoms with Crippen LogP contribution in [0.5, 0.6) is 11.5 Å². The first-order chi connectivity index (χ1) is 17.7. The standard InChI is InChI=1S/C28H26N4O4/c1-2-9-31-10-12-32(13-11-31)21-15-20(29-17-7-8-22-23(14-17)35-16-34-22)24-25-26(21)30-36-28(25)19-6-4-3-5-18(19)27(24)33/h3-8,14-15,29H,2,9-13,16H2,1H3. The van der Waals surface area contributed by atoms with Crippen LogP contribution in [-0.4, -0.2) is 55.4 Å². The smallest absolute Gasteiger partial charge is 0.231 e. The Morgan fingerprint density at radius 1 is 0.972 bits per heavy atom. The molecule has 0 bridgehead atoms. The van der Waals surface area contributed by atoms with Gasteiger partial charge in [0.15, 0.2) is 23.0 Å². The maximum atomic E-state index is 13.8. The fourth-order valence-corrected chi connectivity index (χ4v) is 5.54. The van der Waals surface area contributed by atoms with Gasteiger partial charge in [-0.25, -0.2) is 0 Å². The number of piperazine rings is 1. The number of nitrogens with one attached hydrogen (secondary N) is 1. The van der Waals surface area contributed by atoms with Gasteiger partial charge in [-0.3, -0.25) is 9.69 Å². The van der Waals surface area contributed by atoms with E-state index in [1.165, 1.54) is 0 Å². The van der Waals surface area contributed by atoms with Crippen LogP contribution in [0.1, 0.15) is 29.3 Å². The number of ether oxygens (including phenoxy) is 2. The molecule has 1 aromatic heterocycles. The van der Waals surface area contributed by atoms with Crippen LogP contribution in [0.3, 0.4) is 0 Å². The molecule has 1 N–H and O–H groups in total. The highest BCUT2D eigenvalue weighted by Crippen LogP contribution is 2.47. The third-order valence-corrected chi connectivity index (χ3v) is 7.28. The number of anilines is 3. The Bertz CT molecular complexity index is 1500. The van der Waals surface area contributed by atoms with E-state index in [1.807, 2.05) is 42.5 Å².